The van der Waals surface area contributed by atoms with Gasteiger partial charge in [0.2, 0.25) is 0 Å². The van der Waals surface area contributed by atoms with E-state index in [1.165, 1.54) is 5.56 Å². The maximum absolute atomic E-state index is 11.9. The first kappa shape index (κ1) is 22.0. The monoisotopic (exact) mass is 433 g/mol. The Labute approximate surface area is 159 Å². The molecule has 0 aliphatic rings. The van der Waals surface area contributed by atoms with Crippen LogP contribution >= 0.6 is 15.9 Å². The van der Waals surface area contributed by atoms with E-state index in [2.05, 4.69) is 61.9 Å². The highest BCUT2D eigenvalue weighted by molar-refractivity contribution is 9.10. The summed E-state index contributed by atoms with van der Waals surface area (Å²) in [5, 5.41) is 5.87. The van der Waals surface area contributed by atoms with Gasteiger partial charge >= 0.3 is 0 Å². The Balaban J connectivity index is 3.02. The quantitative estimate of drug-likeness (QED) is 0.589. The summed E-state index contributed by atoms with van der Waals surface area (Å²) in [5.74, 6) is 0.176. The molecule has 0 saturated carbocycles. The summed E-state index contributed by atoms with van der Waals surface area (Å²) in [6.45, 7) is 15.8. The third-order valence-electron chi connectivity index (χ3n) is 5.08. The number of hydrogen-bond acceptors (Lipinski definition) is 2. The van der Waals surface area contributed by atoms with Crippen LogP contribution in [0.25, 0.3) is 0 Å². The van der Waals surface area contributed by atoms with Crippen LogP contribution in [0.5, 0.6) is 0 Å². The first-order chi connectivity index (χ1) is 10.8. The molecule has 138 valence electrons. The van der Waals surface area contributed by atoms with Crippen molar-refractivity contribution in [2.45, 2.75) is 69.8 Å². The molecule has 0 aliphatic carbocycles. The molecule has 0 saturated heterocycles. The van der Waals surface area contributed by atoms with E-state index in [4.69, 9.17) is 9.56 Å². The average Bonchev–Trinajstić information content (AvgIpc) is 2.43. The predicted octanol–water partition coefficient (Wildman–Crippen LogP) is 5.35. The SMILES string of the molecule is CC(C)(C[C@H](CO[Si](C)(C)C(C)(C)C)c1ccc(Br)cc1)S(N)=O. The van der Waals surface area contributed by atoms with Crippen molar-refractivity contribution in [3.63, 3.8) is 0 Å². The van der Waals surface area contributed by atoms with Crippen molar-refractivity contribution in [1.82, 2.24) is 0 Å². The summed E-state index contributed by atoms with van der Waals surface area (Å²) >= 11 is 3.48. The molecule has 1 aromatic rings. The van der Waals surface area contributed by atoms with Gasteiger partial charge in [0, 0.05) is 17.0 Å². The molecule has 2 N–H and O–H groups in total. The van der Waals surface area contributed by atoms with E-state index in [-0.39, 0.29) is 11.0 Å². The molecular formula is C18H32BrNO2SSi. The minimum Gasteiger partial charge on any atom is -0.416 e. The van der Waals surface area contributed by atoms with Gasteiger partial charge in [-0.3, -0.25) is 5.14 Å². The van der Waals surface area contributed by atoms with Crippen LogP contribution in [0.3, 0.4) is 0 Å². The van der Waals surface area contributed by atoms with E-state index in [9.17, 15) is 4.21 Å². The van der Waals surface area contributed by atoms with Gasteiger partial charge in [0.1, 0.15) is 0 Å². The topological polar surface area (TPSA) is 52.3 Å². The molecule has 0 spiro atoms. The van der Waals surface area contributed by atoms with Crippen LogP contribution in [0.1, 0.15) is 52.5 Å². The largest absolute Gasteiger partial charge is 0.416 e. The molecule has 0 aliphatic heterocycles. The second-order valence-corrected chi connectivity index (χ2v) is 16.0. The maximum atomic E-state index is 11.9. The lowest BCUT2D eigenvalue weighted by Crippen LogP contribution is -2.42. The van der Waals surface area contributed by atoms with Gasteiger partial charge in [-0.1, -0.05) is 48.8 Å². The summed E-state index contributed by atoms with van der Waals surface area (Å²) in [7, 11) is -3.20. The van der Waals surface area contributed by atoms with Crippen molar-refractivity contribution in [3.8, 4) is 0 Å². The maximum Gasteiger partial charge on any atom is 0.192 e. The second-order valence-electron chi connectivity index (χ2n) is 8.58. The van der Waals surface area contributed by atoms with Gasteiger partial charge in [-0.2, -0.15) is 0 Å². The predicted molar refractivity (Wildman–Crippen MR) is 111 cm³/mol. The third-order valence-corrected chi connectivity index (χ3v) is 11.4. The highest BCUT2D eigenvalue weighted by Gasteiger charge is 2.38. The molecule has 1 unspecified atom stereocenters. The van der Waals surface area contributed by atoms with Gasteiger partial charge < -0.3 is 4.43 Å². The smallest absolute Gasteiger partial charge is 0.192 e. The van der Waals surface area contributed by atoms with E-state index in [1.807, 2.05) is 26.0 Å². The van der Waals surface area contributed by atoms with E-state index in [0.717, 1.165) is 10.9 Å². The molecule has 2 atom stereocenters. The number of halogens is 1. The minimum absolute atomic E-state index is 0.170. The first-order valence-electron chi connectivity index (χ1n) is 8.32. The van der Waals surface area contributed by atoms with E-state index in [1.54, 1.807) is 0 Å². The molecule has 1 rings (SSSR count). The lowest BCUT2D eigenvalue weighted by Gasteiger charge is -2.38. The van der Waals surface area contributed by atoms with Crippen LogP contribution in [-0.4, -0.2) is 23.9 Å². The lowest BCUT2D eigenvalue weighted by molar-refractivity contribution is 0.250. The molecule has 3 nitrogen and oxygen atoms in total. The molecule has 0 heterocycles. The van der Waals surface area contributed by atoms with Gasteiger partial charge in [-0.15, -0.1) is 0 Å². The Hall–Kier alpha value is -0.0131. The van der Waals surface area contributed by atoms with Crippen LogP contribution < -0.4 is 5.14 Å². The van der Waals surface area contributed by atoms with Crippen LogP contribution in [-0.2, 0) is 15.4 Å². The molecular weight excluding hydrogens is 402 g/mol. The molecule has 0 aromatic heterocycles. The average molecular weight is 435 g/mol. The Morgan fingerprint density at radius 2 is 1.67 bits per heavy atom. The number of benzene rings is 1. The highest BCUT2D eigenvalue weighted by Crippen LogP contribution is 2.38. The summed E-state index contributed by atoms with van der Waals surface area (Å²) in [4.78, 5) is 0. The fraction of sp³-hybridized carbons (Fsp3) is 0.667. The van der Waals surface area contributed by atoms with Gasteiger partial charge in [-0.25, -0.2) is 4.21 Å². The first-order valence-corrected chi connectivity index (χ1v) is 13.2. The second kappa shape index (κ2) is 8.12. The van der Waals surface area contributed by atoms with Gasteiger partial charge in [-0.05, 0) is 56.1 Å². The molecule has 0 fully saturated rings. The van der Waals surface area contributed by atoms with Gasteiger partial charge in [0.15, 0.2) is 8.32 Å². The Bertz CT molecular complexity index is 567. The number of nitrogens with two attached hydrogens (primary N) is 1. The van der Waals surface area contributed by atoms with Crippen molar-refractivity contribution in [2.24, 2.45) is 5.14 Å². The lowest BCUT2D eigenvalue weighted by atomic mass is 9.90. The summed E-state index contributed by atoms with van der Waals surface area (Å²) in [5.41, 5.74) is 1.20. The van der Waals surface area contributed by atoms with Crippen LogP contribution in [0.2, 0.25) is 18.1 Å². The Kier molecular flexibility index (Phi) is 7.46. The Morgan fingerprint density at radius 3 is 2.08 bits per heavy atom. The fourth-order valence-electron chi connectivity index (χ4n) is 2.21. The van der Waals surface area contributed by atoms with Crippen LogP contribution in [0.4, 0.5) is 0 Å². The summed E-state index contributed by atoms with van der Waals surface area (Å²) < 4.78 is 19.0. The zero-order chi connectivity index (χ0) is 18.8. The van der Waals surface area contributed by atoms with Gasteiger partial charge in [0.25, 0.3) is 0 Å². The third kappa shape index (κ3) is 6.06. The van der Waals surface area contributed by atoms with E-state index < -0.39 is 24.1 Å². The van der Waals surface area contributed by atoms with Crippen molar-refractivity contribution in [3.05, 3.63) is 34.3 Å². The Morgan fingerprint density at radius 1 is 1.17 bits per heavy atom. The normalized spacial score (nSPS) is 16.0. The zero-order valence-electron chi connectivity index (χ0n) is 16.0. The van der Waals surface area contributed by atoms with Crippen LogP contribution in [0, 0.1) is 0 Å². The van der Waals surface area contributed by atoms with Crippen LogP contribution in [0.15, 0.2) is 28.7 Å². The molecule has 24 heavy (non-hydrogen) atoms. The minimum atomic E-state index is -1.83. The van der Waals surface area contributed by atoms with Crippen molar-refractivity contribution >= 4 is 35.2 Å². The van der Waals surface area contributed by atoms with Gasteiger partial charge in [0.05, 0.1) is 15.7 Å². The number of rotatable bonds is 7. The van der Waals surface area contributed by atoms with E-state index >= 15 is 0 Å². The molecule has 0 amide bonds. The molecule has 0 bridgehead atoms. The van der Waals surface area contributed by atoms with E-state index in [0.29, 0.717) is 6.61 Å². The summed E-state index contributed by atoms with van der Waals surface area (Å²) in [6, 6.07) is 8.31. The standard InChI is InChI=1S/C18H32BrNO2SSi/c1-17(2,3)24(6,7)22-13-15(12-18(4,5)23(20)21)14-8-10-16(19)11-9-14/h8-11,15H,12-13,20H2,1-7H3/t15-,23?/m1/s1. The number of hydrogen-bond donors (Lipinski definition) is 1. The van der Waals surface area contributed by atoms with Crippen molar-refractivity contribution < 1.29 is 8.63 Å². The highest BCUT2D eigenvalue weighted by atomic mass is 79.9. The van der Waals surface area contributed by atoms with Crippen molar-refractivity contribution in [2.75, 3.05) is 6.61 Å². The molecule has 1 aromatic carbocycles. The van der Waals surface area contributed by atoms with Crippen molar-refractivity contribution in [1.29, 1.82) is 0 Å². The molecule has 0 radical (unpaired) electrons. The fourth-order valence-corrected chi connectivity index (χ4v) is 3.89. The zero-order valence-corrected chi connectivity index (χ0v) is 19.4. The molecule has 6 heteroatoms. The summed E-state index contributed by atoms with van der Waals surface area (Å²) in [6.07, 6.45) is 0.729.